The van der Waals surface area contributed by atoms with Crippen molar-refractivity contribution in [2.45, 2.75) is 0 Å². The van der Waals surface area contributed by atoms with Crippen molar-refractivity contribution in [3.63, 3.8) is 0 Å². The Morgan fingerprint density at radius 3 is 2.83 bits per heavy atom. The topological polar surface area (TPSA) is 97.2 Å². The smallest absolute Gasteiger partial charge is 0.262 e. The summed E-state index contributed by atoms with van der Waals surface area (Å²) in [7, 11) is 0. The van der Waals surface area contributed by atoms with E-state index >= 15 is 0 Å². The second-order valence-corrected chi connectivity index (χ2v) is 5.66. The third-order valence-corrected chi connectivity index (χ3v) is 3.92. The Morgan fingerprint density at radius 1 is 1.17 bits per heavy atom. The van der Waals surface area contributed by atoms with Gasteiger partial charge in [-0.1, -0.05) is 17.4 Å². The third-order valence-electron chi connectivity index (χ3n) is 2.99. The number of nitrogens with zero attached hydrogens (tertiary/aromatic N) is 3. The first kappa shape index (κ1) is 16.0. The van der Waals surface area contributed by atoms with E-state index < -0.39 is 0 Å². The molecule has 0 aliphatic rings. The van der Waals surface area contributed by atoms with Crippen molar-refractivity contribution in [1.82, 2.24) is 15.0 Å². The van der Waals surface area contributed by atoms with Crippen LogP contribution < -0.4 is 10.1 Å². The van der Waals surface area contributed by atoms with Crippen molar-refractivity contribution in [2.75, 3.05) is 18.5 Å². The monoisotopic (exact) mass is 342 g/mol. The number of aliphatic hydroxyl groups is 1. The van der Waals surface area contributed by atoms with E-state index in [0.29, 0.717) is 5.13 Å². The average Bonchev–Trinajstić information content (AvgIpc) is 3.09. The van der Waals surface area contributed by atoms with Gasteiger partial charge >= 0.3 is 0 Å². The van der Waals surface area contributed by atoms with Crippen molar-refractivity contribution in [2.24, 2.45) is 0 Å². The molecule has 0 aliphatic carbocycles. The molecule has 3 aromatic rings. The summed E-state index contributed by atoms with van der Waals surface area (Å²) < 4.78 is 5.27. The summed E-state index contributed by atoms with van der Waals surface area (Å²) in [6.45, 7) is -0.0874. The molecule has 0 saturated carbocycles. The molecule has 3 aromatic heterocycles. The first-order valence-corrected chi connectivity index (χ1v) is 7.97. The molecule has 0 spiro atoms. The van der Waals surface area contributed by atoms with Crippen LogP contribution in [0.5, 0.6) is 5.88 Å². The number of ether oxygens (including phenoxy) is 1. The van der Waals surface area contributed by atoms with Gasteiger partial charge in [0.2, 0.25) is 5.88 Å². The molecule has 0 radical (unpaired) electrons. The number of thiazole rings is 1. The fourth-order valence-corrected chi connectivity index (χ4v) is 2.73. The van der Waals surface area contributed by atoms with Crippen LogP contribution in [0.25, 0.3) is 10.6 Å². The van der Waals surface area contributed by atoms with Crippen LogP contribution in [-0.2, 0) is 0 Å². The number of amides is 1. The number of carbonyl (C=O) groups is 1. The minimum absolute atomic E-state index is 0.0678. The van der Waals surface area contributed by atoms with E-state index in [4.69, 9.17) is 9.84 Å². The molecule has 0 aromatic carbocycles. The summed E-state index contributed by atoms with van der Waals surface area (Å²) in [4.78, 5) is 25.7. The highest BCUT2D eigenvalue weighted by Gasteiger charge is 2.15. The molecule has 2 N–H and O–H groups in total. The van der Waals surface area contributed by atoms with E-state index in [2.05, 4.69) is 20.3 Å². The van der Waals surface area contributed by atoms with E-state index in [0.717, 1.165) is 10.6 Å². The van der Waals surface area contributed by atoms with E-state index in [1.54, 1.807) is 24.5 Å². The summed E-state index contributed by atoms with van der Waals surface area (Å²) >= 11 is 1.33. The van der Waals surface area contributed by atoms with E-state index in [1.165, 1.54) is 17.5 Å². The summed E-state index contributed by atoms with van der Waals surface area (Å²) in [6, 6.07) is 8.84. The Hall–Kier alpha value is -2.84. The van der Waals surface area contributed by atoms with Gasteiger partial charge in [0.1, 0.15) is 12.2 Å². The van der Waals surface area contributed by atoms with Crippen LogP contribution in [0.2, 0.25) is 0 Å². The van der Waals surface area contributed by atoms with Gasteiger partial charge in [0.25, 0.3) is 5.91 Å². The number of aliphatic hydroxyl groups excluding tert-OH is 1. The molecule has 0 unspecified atom stereocenters. The van der Waals surface area contributed by atoms with Gasteiger partial charge in [0, 0.05) is 18.6 Å². The molecule has 0 saturated heterocycles. The Balaban J connectivity index is 1.75. The summed E-state index contributed by atoms with van der Waals surface area (Å²) in [6.07, 6.45) is 4.88. The fraction of sp³-hybridized carbons (Fsp3) is 0.125. The van der Waals surface area contributed by atoms with Crippen LogP contribution in [0.3, 0.4) is 0 Å². The van der Waals surface area contributed by atoms with Crippen LogP contribution in [-0.4, -0.2) is 39.2 Å². The van der Waals surface area contributed by atoms with Crippen LogP contribution in [0.4, 0.5) is 5.13 Å². The molecule has 122 valence electrons. The second-order valence-electron chi connectivity index (χ2n) is 4.63. The van der Waals surface area contributed by atoms with Gasteiger partial charge in [0.15, 0.2) is 5.13 Å². The van der Waals surface area contributed by atoms with Crippen molar-refractivity contribution in [1.29, 1.82) is 0 Å². The maximum absolute atomic E-state index is 12.4. The zero-order valence-corrected chi connectivity index (χ0v) is 13.4. The molecule has 0 bridgehead atoms. The molecule has 0 fully saturated rings. The van der Waals surface area contributed by atoms with Crippen molar-refractivity contribution >= 4 is 22.4 Å². The number of anilines is 1. The lowest BCUT2D eigenvalue weighted by Gasteiger charge is -2.08. The Kier molecular flexibility index (Phi) is 5.09. The molecular formula is C16H14N4O3S. The second kappa shape index (κ2) is 7.62. The zero-order valence-electron chi connectivity index (χ0n) is 12.5. The van der Waals surface area contributed by atoms with Crippen LogP contribution >= 0.6 is 11.3 Å². The lowest BCUT2D eigenvalue weighted by Crippen LogP contribution is -2.15. The maximum Gasteiger partial charge on any atom is 0.262 e. The van der Waals surface area contributed by atoms with E-state index in [1.807, 2.05) is 18.2 Å². The number of carbonyl (C=O) groups excluding carboxylic acids is 1. The first-order valence-electron chi connectivity index (χ1n) is 7.15. The van der Waals surface area contributed by atoms with Crippen molar-refractivity contribution in [3.05, 3.63) is 54.5 Å². The molecule has 3 heterocycles. The van der Waals surface area contributed by atoms with E-state index in [9.17, 15) is 4.79 Å². The normalized spacial score (nSPS) is 10.4. The van der Waals surface area contributed by atoms with Gasteiger partial charge in [-0.15, -0.1) is 0 Å². The van der Waals surface area contributed by atoms with Crippen molar-refractivity contribution in [3.8, 4) is 16.5 Å². The summed E-state index contributed by atoms with van der Waals surface area (Å²) in [5.41, 5.74) is 1.07. The average molecular weight is 342 g/mol. The Morgan fingerprint density at radius 2 is 2.04 bits per heavy atom. The number of hydrogen-bond donors (Lipinski definition) is 2. The zero-order chi connectivity index (χ0) is 16.8. The highest BCUT2D eigenvalue weighted by molar-refractivity contribution is 7.19. The van der Waals surface area contributed by atoms with Gasteiger partial charge in [-0.3, -0.25) is 15.1 Å². The number of nitrogens with one attached hydrogen (secondary N) is 1. The number of pyridine rings is 2. The number of hydrogen-bond acceptors (Lipinski definition) is 7. The van der Waals surface area contributed by atoms with Crippen molar-refractivity contribution < 1.29 is 14.6 Å². The minimum atomic E-state index is -0.377. The van der Waals surface area contributed by atoms with Gasteiger partial charge in [0.05, 0.1) is 17.2 Å². The van der Waals surface area contributed by atoms with Gasteiger partial charge in [-0.05, 0) is 24.3 Å². The molecule has 24 heavy (non-hydrogen) atoms. The van der Waals surface area contributed by atoms with Gasteiger partial charge < -0.3 is 9.84 Å². The summed E-state index contributed by atoms with van der Waals surface area (Å²) in [5, 5.41) is 12.0. The van der Waals surface area contributed by atoms with Gasteiger partial charge in [-0.2, -0.15) is 0 Å². The lowest BCUT2D eigenvalue weighted by atomic mass is 10.2. The SMILES string of the molecule is O=C(Nc1ncc(-c2ccccn2)s1)c1cccnc1OCCO. The molecule has 8 heteroatoms. The van der Waals surface area contributed by atoms with Crippen LogP contribution in [0.1, 0.15) is 10.4 Å². The number of rotatable bonds is 6. The predicted octanol–water partition coefficient (Wildman–Crippen LogP) is 2.22. The van der Waals surface area contributed by atoms with Crippen LogP contribution in [0, 0.1) is 0 Å². The predicted molar refractivity (Wildman–Crippen MR) is 90.1 cm³/mol. The fourth-order valence-electron chi connectivity index (χ4n) is 1.94. The Bertz CT molecular complexity index is 823. The molecule has 3 rings (SSSR count). The number of aromatic nitrogens is 3. The maximum atomic E-state index is 12.4. The van der Waals surface area contributed by atoms with E-state index in [-0.39, 0.29) is 30.6 Å². The van der Waals surface area contributed by atoms with Gasteiger partial charge in [-0.25, -0.2) is 9.97 Å². The molecule has 0 aliphatic heterocycles. The largest absolute Gasteiger partial charge is 0.475 e. The van der Waals surface area contributed by atoms with Crippen LogP contribution in [0.15, 0.2) is 48.9 Å². The Labute approximate surface area is 142 Å². The standard InChI is InChI=1S/C16H14N4O3S/c21-8-9-23-15-11(4-3-7-18-15)14(22)20-16-19-10-13(24-16)12-5-1-2-6-17-12/h1-7,10,21H,8-9H2,(H,19,20,22). The molecule has 1 amide bonds. The molecule has 0 atom stereocenters. The quantitative estimate of drug-likeness (QED) is 0.713. The molecule has 7 nitrogen and oxygen atoms in total. The highest BCUT2D eigenvalue weighted by atomic mass is 32.1. The molecular weight excluding hydrogens is 328 g/mol. The minimum Gasteiger partial charge on any atom is -0.475 e. The highest BCUT2D eigenvalue weighted by Crippen LogP contribution is 2.28. The third kappa shape index (κ3) is 3.73. The lowest BCUT2D eigenvalue weighted by molar-refractivity contribution is 0.102. The summed E-state index contributed by atoms with van der Waals surface area (Å²) in [5.74, 6) is -0.205. The first-order chi connectivity index (χ1) is 11.8.